The molecule has 0 spiro atoms. The van der Waals surface area contributed by atoms with Gasteiger partial charge in [-0.05, 0) is 19.5 Å². The van der Waals surface area contributed by atoms with Crippen LogP contribution in [0.25, 0.3) is 0 Å². The Morgan fingerprint density at radius 3 is 2.90 bits per heavy atom. The zero-order valence-corrected chi connectivity index (χ0v) is 14.6. The van der Waals surface area contributed by atoms with Gasteiger partial charge in [-0.3, -0.25) is 0 Å². The summed E-state index contributed by atoms with van der Waals surface area (Å²) in [7, 11) is -3.35. The third kappa shape index (κ3) is 3.39. The van der Waals surface area contributed by atoms with E-state index < -0.39 is 10.0 Å². The first kappa shape index (κ1) is 16.3. The van der Waals surface area contributed by atoms with Crippen molar-refractivity contribution in [2.24, 2.45) is 0 Å². The summed E-state index contributed by atoms with van der Waals surface area (Å²) in [5.41, 5.74) is 0. The largest absolute Gasteiger partial charge is 0.312 e. The number of sulfonamides is 1. The highest BCUT2D eigenvalue weighted by molar-refractivity contribution is 8.00. The Kier molecular flexibility index (Phi) is 5.53. The first-order valence-corrected chi connectivity index (χ1v) is 10.2. The molecule has 1 aliphatic heterocycles. The Morgan fingerprint density at radius 1 is 1.45 bits per heavy atom. The van der Waals surface area contributed by atoms with Crippen molar-refractivity contribution in [1.82, 2.24) is 9.62 Å². The van der Waals surface area contributed by atoms with Crippen LogP contribution in [0.15, 0.2) is 16.3 Å². The second kappa shape index (κ2) is 6.79. The van der Waals surface area contributed by atoms with E-state index in [4.69, 9.17) is 0 Å². The van der Waals surface area contributed by atoms with E-state index in [2.05, 4.69) is 12.2 Å². The van der Waals surface area contributed by atoms with Crippen molar-refractivity contribution in [3.8, 4) is 0 Å². The molecule has 2 unspecified atom stereocenters. The molecule has 1 aromatic heterocycles. The van der Waals surface area contributed by atoms with Crippen LogP contribution in [-0.4, -0.2) is 42.9 Å². The van der Waals surface area contributed by atoms with E-state index in [0.717, 1.165) is 23.7 Å². The van der Waals surface area contributed by atoms with E-state index in [0.29, 0.717) is 16.7 Å². The van der Waals surface area contributed by atoms with E-state index in [9.17, 15) is 8.42 Å². The molecule has 0 bridgehead atoms. The summed E-state index contributed by atoms with van der Waals surface area (Å²) in [4.78, 5) is 1.51. The molecule has 2 atom stereocenters. The minimum Gasteiger partial charge on any atom is -0.312 e. The summed E-state index contributed by atoms with van der Waals surface area (Å²) >= 11 is 3.35. The molecule has 1 fully saturated rings. The molecule has 4 nitrogen and oxygen atoms in total. The molecule has 20 heavy (non-hydrogen) atoms. The highest BCUT2D eigenvalue weighted by atomic mass is 32.2. The van der Waals surface area contributed by atoms with E-state index in [1.807, 2.05) is 31.7 Å². The molecule has 0 radical (unpaired) electrons. The van der Waals surface area contributed by atoms with Gasteiger partial charge < -0.3 is 5.32 Å². The van der Waals surface area contributed by atoms with Gasteiger partial charge in [-0.1, -0.05) is 13.8 Å². The zero-order valence-electron chi connectivity index (χ0n) is 12.1. The summed E-state index contributed by atoms with van der Waals surface area (Å²) in [5, 5.41) is 5.33. The van der Waals surface area contributed by atoms with E-state index in [1.165, 1.54) is 11.3 Å². The molecule has 2 rings (SSSR count). The minimum atomic E-state index is -3.35. The van der Waals surface area contributed by atoms with Crippen molar-refractivity contribution < 1.29 is 8.42 Å². The average molecular weight is 335 g/mol. The van der Waals surface area contributed by atoms with Gasteiger partial charge in [-0.2, -0.15) is 16.1 Å². The van der Waals surface area contributed by atoms with E-state index in [1.54, 1.807) is 9.69 Å². The van der Waals surface area contributed by atoms with Crippen molar-refractivity contribution in [2.75, 3.05) is 18.8 Å². The van der Waals surface area contributed by atoms with Crippen molar-refractivity contribution in [2.45, 2.75) is 43.5 Å². The number of hydrogen-bond donors (Lipinski definition) is 1. The molecule has 7 heteroatoms. The van der Waals surface area contributed by atoms with Gasteiger partial charge in [-0.15, -0.1) is 11.3 Å². The smallest absolute Gasteiger partial charge is 0.244 e. The SMILES string of the molecule is CCNCc1cc(S(=O)(=O)N2CCSC(C)C2C)cs1. The number of thiophene rings is 1. The average Bonchev–Trinajstić information content (AvgIpc) is 2.89. The molecule has 0 amide bonds. The van der Waals surface area contributed by atoms with E-state index in [-0.39, 0.29) is 6.04 Å². The maximum absolute atomic E-state index is 12.7. The van der Waals surface area contributed by atoms with Crippen molar-refractivity contribution in [3.05, 3.63) is 16.3 Å². The maximum Gasteiger partial charge on any atom is 0.244 e. The lowest BCUT2D eigenvalue weighted by molar-refractivity contribution is 0.340. The lowest BCUT2D eigenvalue weighted by Gasteiger charge is -2.36. The third-order valence-electron chi connectivity index (χ3n) is 3.61. The summed E-state index contributed by atoms with van der Waals surface area (Å²) < 4.78 is 27.1. The van der Waals surface area contributed by atoms with Crippen LogP contribution < -0.4 is 5.32 Å². The molecule has 1 aromatic rings. The molecule has 0 saturated carbocycles. The fourth-order valence-corrected chi connectivity index (χ4v) is 6.44. The maximum atomic E-state index is 12.7. The standard InChI is InChI=1S/C13H22N2O2S3/c1-4-14-8-12-7-13(9-19-12)20(16,17)15-5-6-18-11(3)10(15)2/h7,9-11,14H,4-6,8H2,1-3H3. The first-order chi connectivity index (χ1) is 9.46. The fraction of sp³-hybridized carbons (Fsp3) is 0.692. The second-order valence-electron chi connectivity index (χ2n) is 4.96. The third-order valence-corrected chi connectivity index (χ3v) is 8.00. The summed E-state index contributed by atoms with van der Waals surface area (Å²) in [6.45, 7) is 8.37. The molecule has 0 aliphatic carbocycles. The van der Waals surface area contributed by atoms with Gasteiger partial charge >= 0.3 is 0 Å². The zero-order chi connectivity index (χ0) is 14.8. The van der Waals surface area contributed by atoms with Crippen LogP contribution in [0.1, 0.15) is 25.6 Å². The first-order valence-electron chi connectivity index (χ1n) is 6.88. The Labute approximate surface area is 130 Å². The number of thioether (sulfide) groups is 1. The van der Waals surface area contributed by atoms with Gasteiger partial charge in [0.2, 0.25) is 10.0 Å². The van der Waals surface area contributed by atoms with Crippen molar-refractivity contribution in [3.63, 3.8) is 0 Å². The van der Waals surface area contributed by atoms with Gasteiger partial charge in [0, 0.05) is 40.4 Å². The van der Waals surface area contributed by atoms with Crippen LogP contribution in [0.2, 0.25) is 0 Å². The topological polar surface area (TPSA) is 49.4 Å². The molecule has 2 heterocycles. The predicted molar refractivity (Wildman–Crippen MR) is 87.0 cm³/mol. The Balaban J connectivity index is 2.19. The fourth-order valence-electron chi connectivity index (χ4n) is 2.22. The summed E-state index contributed by atoms with van der Waals surface area (Å²) in [6.07, 6.45) is 0. The molecule has 1 N–H and O–H groups in total. The molecular weight excluding hydrogens is 312 g/mol. The van der Waals surface area contributed by atoms with Gasteiger partial charge in [0.15, 0.2) is 0 Å². The number of nitrogens with zero attached hydrogens (tertiary/aromatic N) is 1. The predicted octanol–water partition coefficient (Wildman–Crippen LogP) is 2.37. The van der Waals surface area contributed by atoms with Crippen LogP contribution in [-0.2, 0) is 16.6 Å². The number of rotatable bonds is 5. The highest BCUT2D eigenvalue weighted by Crippen LogP contribution is 2.31. The Morgan fingerprint density at radius 2 is 2.20 bits per heavy atom. The molecular formula is C13H22N2O2S3. The summed E-state index contributed by atoms with van der Waals surface area (Å²) in [6, 6.07) is 1.86. The van der Waals surface area contributed by atoms with Crippen molar-refractivity contribution >= 4 is 33.1 Å². The van der Waals surface area contributed by atoms with Gasteiger partial charge in [0.1, 0.15) is 0 Å². The second-order valence-corrected chi connectivity index (χ2v) is 9.33. The van der Waals surface area contributed by atoms with Gasteiger partial charge in [-0.25, -0.2) is 8.42 Å². The van der Waals surface area contributed by atoms with Crippen LogP contribution >= 0.6 is 23.1 Å². The van der Waals surface area contributed by atoms with Crippen molar-refractivity contribution in [1.29, 1.82) is 0 Å². The lowest BCUT2D eigenvalue weighted by atomic mass is 10.2. The molecule has 0 aromatic carbocycles. The number of hydrogen-bond acceptors (Lipinski definition) is 5. The molecule has 114 valence electrons. The Hall–Kier alpha value is -0.0800. The quantitative estimate of drug-likeness (QED) is 0.898. The van der Waals surface area contributed by atoms with Crippen LogP contribution in [0, 0.1) is 0 Å². The normalized spacial score (nSPS) is 24.9. The van der Waals surface area contributed by atoms with Crippen LogP contribution in [0.4, 0.5) is 0 Å². The van der Waals surface area contributed by atoms with Gasteiger partial charge in [0.05, 0.1) is 4.90 Å². The Bertz CT molecular complexity index is 542. The lowest BCUT2D eigenvalue weighted by Crippen LogP contribution is -2.47. The van der Waals surface area contributed by atoms with Crippen LogP contribution in [0.3, 0.4) is 0 Å². The van der Waals surface area contributed by atoms with Gasteiger partial charge in [0.25, 0.3) is 0 Å². The monoisotopic (exact) mass is 334 g/mol. The van der Waals surface area contributed by atoms with E-state index >= 15 is 0 Å². The highest BCUT2D eigenvalue weighted by Gasteiger charge is 2.35. The van der Waals surface area contributed by atoms with Crippen LogP contribution in [0.5, 0.6) is 0 Å². The minimum absolute atomic E-state index is 0.0517. The molecule has 1 aliphatic rings. The number of nitrogens with one attached hydrogen (secondary N) is 1. The molecule has 1 saturated heterocycles. The summed E-state index contributed by atoms with van der Waals surface area (Å²) in [5.74, 6) is 0.874.